The molecular weight excluding hydrogens is 363 g/mol. The van der Waals surface area contributed by atoms with Crippen LogP contribution in [-0.4, -0.2) is 88.9 Å². The number of hydrogen-bond acceptors (Lipinski definition) is 6. The standard InChI is InChI=1S/C16H19FN2O5.CH2O2/c17-11-1-2-13(14(20)3-11)16(23)19-5-10-4-18(7-15(21)22)12(6-19)9-24-8-10;2-1-3/h1-3,10,12,20H,4-9H2,(H,21,22);1H,(H,2,3)/t10-,12+;/m1./s1. The maximum absolute atomic E-state index is 13.1. The Morgan fingerprint density at radius 2 is 1.96 bits per heavy atom. The topological polar surface area (TPSA) is 128 Å². The number of ether oxygens (including phenoxy) is 1. The molecule has 2 fully saturated rings. The van der Waals surface area contributed by atoms with E-state index in [0.717, 1.165) is 12.1 Å². The summed E-state index contributed by atoms with van der Waals surface area (Å²) in [5.41, 5.74) is 0.0436. The first-order valence-electron chi connectivity index (χ1n) is 8.25. The first kappa shape index (κ1) is 20.6. The van der Waals surface area contributed by atoms with Gasteiger partial charge in [0, 0.05) is 31.6 Å². The van der Waals surface area contributed by atoms with Crippen molar-refractivity contribution >= 4 is 18.3 Å². The minimum atomic E-state index is -0.920. The van der Waals surface area contributed by atoms with Crippen molar-refractivity contribution in [3.8, 4) is 5.75 Å². The van der Waals surface area contributed by atoms with Gasteiger partial charge in [-0.05, 0) is 12.1 Å². The maximum atomic E-state index is 13.1. The van der Waals surface area contributed by atoms with Gasteiger partial charge in [0.25, 0.3) is 12.4 Å². The second kappa shape index (κ2) is 9.28. The second-order valence-electron chi connectivity index (χ2n) is 6.36. The number of aromatic hydroxyl groups is 1. The molecule has 3 rings (SSSR count). The van der Waals surface area contributed by atoms with Crippen LogP contribution in [0.2, 0.25) is 0 Å². The molecule has 1 aromatic rings. The van der Waals surface area contributed by atoms with Crippen molar-refractivity contribution in [2.45, 2.75) is 6.04 Å². The summed E-state index contributed by atoms with van der Waals surface area (Å²) < 4.78 is 18.7. The van der Waals surface area contributed by atoms with Gasteiger partial charge in [-0.2, -0.15) is 0 Å². The minimum absolute atomic E-state index is 0.0107. The number of phenolic OH excluding ortho intramolecular Hbond substituents is 1. The largest absolute Gasteiger partial charge is 0.507 e. The molecule has 0 unspecified atom stereocenters. The number of halogens is 1. The van der Waals surface area contributed by atoms with E-state index in [0.29, 0.717) is 32.8 Å². The number of carboxylic acid groups (broad SMARTS) is 2. The van der Waals surface area contributed by atoms with Gasteiger partial charge in [-0.25, -0.2) is 4.39 Å². The van der Waals surface area contributed by atoms with E-state index in [1.54, 1.807) is 4.90 Å². The van der Waals surface area contributed by atoms with E-state index < -0.39 is 17.5 Å². The molecule has 2 saturated heterocycles. The molecule has 27 heavy (non-hydrogen) atoms. The Labute approximate surface area is 154 Å². The molecule has 1 aromatic carbocycles. The lowest BCUT2D eigenvalue weighted by Crippen LogP contribution is -2.47. The zero-order valence-electron chi connectivity index (χ0n) is 14.5. The smallest absolute Gasteiger partial charge is 0.317 e. The molecule has 2 heterocycles. The molecule has 3 N–H and O–H groups in total. The zero-order chi connectivity index (χ0) is 20.0. The van der Waals surface area contributed by atoms with Crippen molar-refractivity contribution in [1.82, 2.24) is 9.80 Å². The molecule has 10 heteroatoms. The third kappa shape index (κ3) is 5.38. The molecule has 2 bridgehead atoms. The number of nitrogens with zero attached hydrogens (tertiary/aromatic N) is 2. The van der Waals surface area contributed by atoms with Crippen molar-refractivity contribution in [1.29, 1.82) is 0 Å². The van der Waals surface area contributed by atoms with E-state index in [4.69, 9.17) is 19.7 Å². The van der Waals surface area contributed by atoms with Crippen LogP contribution in [0.5, 0.6) is 5.75 Å². The summed E-state index contributed by atoms with van der Waals surface area (Å²) in [7, 11) is 0. The summed E-state index contributed by atoms with van der Waals surface area (Å²) in [4.78, 5) is 35.5. The van der Waals surface area contributed by atoms with Crippen LogP contribution in [0.3, 0.4) is 0 Å². The quantitative estimate of drug-likeness (QED) is 0.626. The molecule has 0 saturated carbocycles. The molecule has 2 aliphatic heterocycles. The van der Waals surface area contributed by atoms with Crippen molar-refractivity contribution < 1.29 is 38.8 Å². The van der Waals surface area contributed by atoms with Crippen LogP contribution in [-0.2, 0) is 14.3 Å². The molecule has 2 atom stereocenters. The van der Waals surface area contributed by atoms with E-state index in [-0.39, 0.29) is 36.4 Å². The monoisotopic (exact) mass is 384 g/mol. The molecule has 0 aromatic heterocycles. The highest BCUT2D eigenvalue weighted by molar-refractivity contribution is 5.96. The Morgan fingerprint density at radius 3 is 2.59 bits per heavy atom. The summed E-state index contributed by atoms with van der Waals surface area (Å²) >= 11 is 0. The Bertz CT molecular complexity index is 700. The van der Waals surface area contributed by atoms with Crippen LogP contribution in [0.25, 0.3) is 0 Å². The number of carboxylic acids is 1. The number of hydrogen-bond donors (Lipinski definition) is 3. The van der Waals surface area contributed by atoms with Crippen LogP contribution >= 0.6 is 0 Å². The first-order valence-corrected chi connectivity index (χ1v) is 8.25. The van der Waals surface area contributed by atoms with Crippen LogP contribution in [0, 0.1) is 11.7 Å². The van der Waals surface area contributed by atoms with E-state index in [1.165, 1.54) is 6.07 Å². The van der Waals surface area contributed by atoms with Gasteiger partial charge in [0.05, 0.1) is 31.4 Å². The SMILES string of the molecule is O=C(O)CN1C[C@H]2COC[C@@H]1CN(C(=O)c1ccc(F)cc1O)C2.O=CO. The molecule has 2 aliphatic rings. The van der Waals surface area contributed by atoms with Gasteiger partial charge < -0.3 is 25.0 Å². The third-order valence-corrected chi connectivity index (χ3v) is 4.40. The Balaban J connectivity index is 0.000000817. The van der Waals surface area contributed by atoms with Gasteiger partial charge in [-0.1, -0.05) is 0 Å². The van der Waals surface area contributed by atoms with Crippen LogP contribution in [0.15, 0.2) is 18.2 Å². The third-order valence-electron chi connectivity index (χ3n) is 4.40. The summed E-state index contributed by atoms with van der Waals surface area (Å²) in [6.07, 6.45) is 0. The van der Waals surface area contributed by atoms with E-state index in [1.807, 2.05) is 4.90 Å². The molecule has 148 valence electrons. The number of carbonyl (C=O) groups is 3. The highest BCUT2D eigenvalue weighted by Crippen LogP contribution is 2.24. The highest BCUT2D eigenvalue weighted by Gasteiger charge is 2.36. The molecule has 0 spiro atoms. The van der Waals surface area contributed by atoms with Crippen molar-refractivity contribution in [2.75, 3.05) is 39.4 Å². The predicted octanol–water partition coefficient (Wildman–Crippen LogP) is 0.0895. The highest BCUT2D eigenvalue weighted by atomic mass is 19.1. The summed E-state index contributed by atoms with van der Waals surface area (Å²) in [6, 6.07) is 3.08. The van der Waals surface area contributed by atoms with Crippen molar-refractivity contribution in [3.05, 3.63) is 29.6 Å². The van der Waals surface area contributed by atoms with Gasteiger partial charge >= 0.3 is 5.97 Å². The normalized spacial score (nSPS) is 22.2. The first-order chi connectivity index (χ1) is 12.8. The van der Waals surface area contributed by atoms with Crippen molar-refractivity contribution in [2.24, 2.45) is 5.92 Å². The van der Waals surface area contributed by atoms with E-state index in [9.17, 15) is 19.1 Å². The zero-order valence-corrected chi connectivity index (χ0v) is 14.5. The number of phenols is 1. The predicted molar refractivity (Wildman–Crippen MR) is 90.0 cm³/mol. The van der Waals surface area contributed by atoms with Gasteiger partial charge in [0.15, 0.2) is 0 Å². The van der Waals surface area contributed by atoms with Gasteiger partial charge in [0.2, 0.25) is 0 Å². The second-order valence-corrected chi connectivity index (χ2v) is 6.36. The fourth-order valence-corrected chi connectivity index (χ4v) is 3.32. The number of amides is 1. The fraction of sp³-hybridized carbons (Fsp3) is 0.471. The number of fused-ring (bicyclic) bond motifs is 3. The van der Waals surface area contributed by atoms with Gasteiger partial charge in [-0.3, -0.25) is 19.3 Å². The summed E-state index contributed by atoms with van der Waals surface area (Å²) in [6.45, 7) is 1.70. The van der Waals surface area contributed by atoms with Crippen LogP contribution in [0.4, 0.5) is 4.39 Å². The summed E-state index contributed by atoms with van der Waals surface area (Å²) in [5, 5.41) is 25.8. The molecule has 1 amide bonds. The number of rotatable bonds is 3. The molecule has 0 radical (unpaired) electrons. The lowest BCUT2D eigenvalue weighted by molar-refractivity contribution is -0.139. The van der Waals surface area contributed by atoms with E-state index in [2.05, 4.69) is 0 Å². The van der Waals surface area contributed by atoms with Crippen molar-refractivity contribution in [3.63, 3.8) is 0 Å². The minimum Gasteiger partial charge on any atom is -0.507 e. The van der Waals surface area contributed by atoms with E-state index >= 15 is 0 Å². The van der Waals surface area contributed by atoms with Crippen LogP contribution < -0.4 is 0 Å². The average molecular weight is 384 g/mol. The fourth-order valence-electron chi connectivity index (χ4n) is 3.32. The number of benzene rings is 1. The van der Waals surface area contributed by atoms with Gasteiger partial charge in [0.1, 0.15) is 11.6 Å². The maximum Gasteiger partial charge on any atom is 0.317 e. The number of carbonyl (C=O) groups excluding carboxylic acids is 1. The Morgan fingerprint density at radius 1 is 1.26 bits per heavy atom. The summed E-state index contributed by atoms with van der Waals surface area (Å²) in [5.74, 6) is -2.33. The molecular formula is C17H21FN2O7. The average Bonchev–Trinajstić information content (AvgIpc) is 2.84. The van der Waals surface area contributed by atoms with Gasteiger partial charge in [-0.15, -0.1) is 0 Å². The molecule has 9 nitrogen and oxygen atoms in total. The Kier molecular flexibility index (Phi) is 7.08. The lowest BCUT2D eigenvalue weighted by atomic mass is 10.1. The van der Waals surface area contributed by atoms with Crippen LogP contribution in [0.1, 0.15) is 10.4 Å². The Hall–Kier alpha value is -2.72. The lowest BCUT2D eigenvalue weighted by Gasteiger charge is -2.30. The number of aliphatic carboxylic acids is 1. The molecule has 0 aliphatic carbocycles.